The number of unbranched alkanes of at least 4 members (excludes halogenated alkanes) is 24. The molecule has 0 spiro atoms. The Hall–Kier alpha value is -3.67. The van der Waals surface area contributed by atoms with Crippen molar-refractivity contribution in [2.24, 2.45) is 0 Å². The molecular weight excluding hydrogens is 853 g/mol. The molecule has 0 radical (unpaired) electrons. The average Bonchev–Trinajstić information content (AvgIpc) is 3.35. The Labute approximate surface area is 426 Å². The minimum Gasteiger partial charge on any atom is -0.462 e. The van der Waals surface area contributed by atoms with Crippen molar-refractivity contribution in [3.8, 4) is 0 Å². The predicted molar refractivity (Wildman–Crippen MR) is 297 cm³/mol. The van der Waals surface area contributed by atoms with E-state index in [2.05, 4.69) is 118 Å². The number of ether oxygens (including phenoxy) is 3. The van der Waals surface area contributed by atoms with Crippen LogP contribution < -0.4 is 0 Å². The van der Waals surface area contributed by atoms with Gasteiger partial charge >= 0.3 is 17.9 Å². The summed E-state index contributed by atoms with van der Waals surface area (Å²) in [6, 6.07) is 0. The standard InChI is InChI=1S/C63H106O6/c1-4-7-10-13-16-19-22-25-28-31-34-37-40-43-46-49-52-55-61(64)67-58-60(69-63(66)57-54-51-48-45-42-39-36-33-30-27-24-21-18-15-12-9-6-3)59-68-62(65)56-53-50-47-44-41-38-35-32-29-26-23-20-17-14-11-8-5-2/h16,18-19,21,25,27-28,30,34,36-37,39,43,45-46,48,60H,4-15,17,20,22-24,26,29,31-33,35,38,40-42,44,47,49-59H2,1-3H3. The maximum Gasteiger partial charge on any atom is 0.306 e. The molecule has 0 bridgehead atoms. The Morgan fingerprint density at radius 1 is 0.290 bits per heavy atom. The molecular formula is C63H106O6. The molecule has 0 N–H and O–H groups in total. The van der Waals surface area contributed by atoms with Gasteiger partial charge in [0.15, 0.2) is 6.10 Å². The Kier molecular flexibility index (Phi) is 53.9. The van der Waals surface area contributed by atoms with E-state index in [0.29, 0.717) is 19.3 Å². The Morgan fingerprint density at radius 2 is 0.536 bits per heavy atom. The van der Waals surface area contributed by atoms with Gasteiger partial charge in [-0.05, 0) is 96.3 Å². The van der Waals surface area contributed by atoms with Crippen molar-refractivity contribution in [3.63, 3.8) is 0 Å². The van der Waals surface area contributed by atoms with Crippen molar-refractivity contribution >= 4 is 17.9 Å². The topological polar surface area (TPSA) is 78.9 Å². The molecule has 0 fully saturated rings. The lowest BCUT2D eigenvalue weighted by Gasteiger charge is -2.18. The minimum atomic E-state index is -0.828. The summed E-state index contributed by atoms with van der Waals surface area (Å²) in [5, 5.41) is 0. The van der Waals surface area contributed by atoms with Crippen molar-refractivity contribution in [1.82, 2.24) is 0 Å². The van der Waals surface area contributed by atoms with E-state index in [1.54, 1.807) is 0 Å². The van der Waals surface area contributed by atoms with Gasteiger partial charge in [-0.25, -0.2) is 0 Å². The van der Waals surface area contributed by atoms with Crippen LogP contribution in [0.5, 0.6) is 0 Å². The third-order valence-electron chi connectivity index (χ3n) is 12.1. The van der Waals surface area contributed by atoms with Gasteiger partial charge < -0.3 is 14.2 Å². The van der Waals surface area contributed by atoms with E-state index in [-0.39, 0.29) is 44.0 Å². The zero-order chi connectivity index (χ0) is 50.0. The van der Waals surface area contributed by atoms with Gasteiger partial charge in [-0.3, -0.25) is 14.4 Å². The molecule has 0 saturated heterocycles. The van der Waals surface area contributed by atoms with E-state index >= 15 is 0 Å². The fourth-order valence-corrected chi connectivity index (χ4v) is 7.72. The maximum atomic E-state index is 12.8. The van der Waals surface area contributed by atoms with Gasteiger partial charge in [0.1, 0.15) is 13.2 Å². The summed E-state index contributed by atoms with van der Waals surface area (Å²) in [6.45, 7) is 6.50. The lowest BCUT2D eigenvalue weighted by atomic mass is 10.0. The first-order valence-electron chi connectivity index (χ1n) is 28.7. The van der Waals surface area contributed by atoms with Crippen LogP contribution in [0.15, 0.2) is 97.2 Å². The molecule has 1 unspecified atom stereocenters. The van der Waals surface area contributed by atoms with Gasteiger partial charge in [-0.1, -0.05) is 246 Å². The molecule has 0 rings (SSSR count). The lowest BCUT2D eigenvalue weighted by Crippen LogP contribution is -2.30. The Bertz CT molecular complexity index is 1380. The number of carbonyl (C=O) groups is 3. The molecule has 69 heavy (non-hydrogen) atoms. The van der Waals surface area contributed by atoms with E-state index in [1.807, 2.05) is 0 Å². The van der Waals surface area contributed by atoms with Crippen LogP contribution in [0, 0.1) is 0 Å². The highest BCUT2D eigenvalue weighted by molar-refractivity contribution is 5.71. The molecule has 1 atom stereocenters. The summed E-state index contributed by atoms with van der Waals surface area (Å²) in [4.78, 5) is 38.1. The highest BCUT2D eigenvalue weighted by atomic mass is 16.6. The first-order chi connectivity index (χ1) is 34.0. The van der Waals surface area contributed by atoms with E-state index < -0.39 is 6.10 Å². The third-order valence-corrected chi connectivity index (χ3v) is 12.1. The number of esters is 3. The SMILES string of the molecule is CCCCCC=CCC=CCC=CCC=CCCCC(=O)OCC(COC(=O)CCCCCCCCCCCCCCCCCCC)OC(=O)CCCC=CCC=CCC=CCC=CCCCCC. The molecule has 0 aromatic rings. The number of allylic oxidation sites excluding steroid dienone is 16. The summed E-state index contributed by atoms with van der Waals surface area (Å²) in [7, 11) is 0. The zero-order valence-corrected chi connectivity index (χ0v) is 45.0. The second kappa shape index (κ2) is 56.9. The Morgan fingerprint density at radius 3 is 0.870 bits per heavy atom. The van der Waals surface area contributed by atoms with Crippen LogP contribution in [0.3, 0.4) is 0 Å². The second-order valence-electron chi connectivity index (χ2n) is 18.8. The van der Waals surface area contributed by atoms with Gasteiger partial charge in [0.2, 0.25) is 0 Å². The molecule has 0 aliphatic carbocycles. The normalized spacial score (nSPS) is 12.8. The fraction of sp³-hybridized carbons (Fsp3) is 0.698. The van der Waals surface area contributed by atoms with Crippen LogP contribution in [-0.4, -0.2) is 37.2 Å². The molecule has 6 nitrogen and oxygen atoms in total. The summed E-state index contributed by atoms with van der Waals surface area (Å²) in [5.41, 5.74) is 0. The minimum absolute atomic E-state index is 0.115. The molecule has 0 saturated carbocycles. The smallest absolute Gasteiger partial charge is 0.306 e. The van der Waals surface area contributed by atoms with E-state index in [1.165, 1.54) is 141 Å². The highest BCUT2D eigenvalue weighted by Gasteiger charge is 2.19. The molecule has 0 aliphatic heterocycles. The van der Waals surface area contributed by atoms with Gasteiger partial charge in [-0.15, -0.1) is 0 Å². The molecule has 0 amide bonds. The summed E-state index contributed by atoms with van der Waals surface area (Å²) in [6.07, 6.45) is 75.5. The molecule has 0 aromatic carbocycles. The first kappa shape index (κ1) is 65.3. The summed E-state index contributed by atoms with van der Waals surface area (Å²) >= 11 is 0. The number of hydrogen-bond acceptors (Lipinski definition) is 6. The largest absolute Gasteiger partial charge is 0.462 e. The monoisotopic (exact) mass is 959 g/mol. The highest BCUT2D eigenvalue weighted by Crippen LogP contribution is 2.15. The molecule has 0 heterocycles. The van der Waals surface area contributed by atoms with Crippen molar-refractivity contribution < 1.29 is 28.6 Å². The van der Waals surface area contributed by atoms with Crippen LogP contribution in [0.25, 0.3) is 0 Å². The van der Waals surface area contributed by atoms with Crippen LogP contribution >= 0.6 is 0 Å². The third kappa shape index (κ3) is 55.1. The van der Waals surface area contributed by atoms with Crippen molar-refractivity contribution in [3.05, 3.63) is 97.2 Å². The molecule has 0 aromatic heterocycles. The van der Waals surface area contributed by atoms with Gasteiger partial charge in [0.25, 0.3) is 0 Å². The van der Waals surface area contributed by atoms with Crippen molar-refractivity contribution in [2.45, 2.75) is 271 Å². The zero-order valence-electron chi connectivity index (χ0n) is 45.0. The molecule has 0 aliphatic rings. The molecule has 6 heteroatoms. The maximum absolute atomic E-state index is 12.8. The van der Waals surface area contributed by atoms with Crippen LogP contribution in [0.2, 0.25) is 0 Å². The van der Waals surface area contributed by atoms with E-state index in [0.717, 1.165) is 70.6 Å². The van der Waals surface area contributed by atoms with Crippen molar-refractivity contribution in [1.29, 1.82) is 0 Å². The second-order valence-corrected chi connectivity index (χ2v) is 18.8. The summed E-state index contributed by atoms with van der Waals surface area (Å²) < 4.78 is 16.8. The quantitative estimate of drug-likeness (QED) is 0.0262. The lowest BCUT2D eigenvalue weighted by molar-refractivity contribution is -0.167. The fourth-order valence-electron chi connectivity index (χ4n) is 7.72. The average molecular weight is 960 g/mol. The number of rotatable bonds is 51. The number of carbonyl (C=O) groups excluding carboxylic acids is 3. The molecule has 394 valence electrons. The number of hydrogen-bond donors (Lipinski definition) is 0. The first-order valence-corrected chi connectivity index (χ1v) is 28.7. The Balaban J connectivity index is 4.54. The van der Waals surface area contributed by atoms with Gasteiger partial charge in [0, 0.05) is 19.3 Å². The van der Waals surface area contributed by atoms with Crippen LogP contribution in [0.1, 0.15) is 265 Å². The van der Waals surface area contributed by atoms with E-state index in [4.69, 9.17) is 14.2 Å². The van der Waals surface area contributed by atoms with Gasteiger partial charge in [0.05, 0.1) is 0 Å². The van der Waals surface area contributed by atoms with Crippen molar-refractivity contribution in [2.75, 3.05) is 13.2 Å². The van der Waals surface area contributed by atoms with Gasteiger partial charge in [-0.2, -0.15) is 0 Å². The predicted octanol–water partition coefficient (Wildman–Crippen LogP) is 19.3. The van der Waals surface area contributed by atoms with E-state index in [9.17, 15) is 14.4 Å². The summed E-state index contributed by atoms with van der Waals surface area (Å²) in [5.74, 6) is -1.03. The van der Waals surface area contributed by atoms with Crippen LogP contribution in [-0.2, 0) is 28.6 Å². The van der Waals surface area contributed by atoms with Crippen LogP contribution in [0.4, 0.5) is 0 Å².